The van der Waals surface area contributed by atoms with Gasteiger partial charge in [0.1, 0.15) is 17.5 Å². The fourth-order valence-corrected chi connectivity index (χ4v) is 1.59. The number of benzene rings is 1. The Balaban J connectivity index is 2.28. The summed E-state index contributed by atoms with van der Waals surface area (Å²) in [5, 5.41) is 3.03. The van der Waals surface area contributed by atoms with Gasteiger partial charge >= 0.3 is 0 Å². The van der Waals surface area contributed by atoms with Gasteiger partial charge in [0, 0.05) is 17.8 Å². The first-order chi connectivity index (χ1) is 9.12. The average Bonchev–Trinajstić information content (AvgIpc) is 2.40. The van der Waals surface area contributed by atoms with E-state index >= 15 is 0 Å². The third-order valence-electron chi connectivity index (χ3n) is 2.41. The van der Waals surface area contributed by atoms with E-state index < -0.39 is 5.82 Å². The third-order valence-corrected chi connectivity index (χ3v) is 2.41. The minimum Gasteiger partial charge on any atom is -0.494 e. The molecule has 0 saturated heterocycles. The zero-order valence-corrected chi connectivity index (χ0v) is 10.6. The van der Waals surface area contributed by atoms with Crippen LogP contribution in [0.2, 0.25) is 0 Å². The van der Waals surface area contributed by atoms with Crippen LogP contribution in [-0.2, 0) is 0 Å². The van der Waals surface area contributed by atoms with Crippen LogP contribution in [0.5, 0.6) is 5.75 Å². The van der Waals surface area contributed by atoms with Crippen molar-refractivity contribution in [3.63, 3.8) is 0 Å². The van der Waals surface area contributed by atoms with Gasteiger partial charge in [-0.05, 0) is 19.1 Å². The normalized spacial score (nSPS) is 10.1. The molecular weight excluding hydrogens is 249 g/mol. The number of halogens is 1. The number of methoxy groups -OCH3 is 1. The number of nitrogens with zero attached hydrogens (tertiary/aromatic N) is 2. The summed E-state index contributed by atoms with van der Waals surface area (Å²) in [6.45, 7) is 1.75. The molecule has 0 radical (unpaired) electrons. The van der Waals surface area contributed by atoms with Crippen LogP contribution >= 0.6 is 0 Å². The number of aromatic nitrogens is 2. The molecule has 7 heteroatoms. The summed E-state index contributed by atoms with van der Waals surface area (Å²) in [6.07, 6.45) is 0. The van der Waals surface area contributed by atoms with Crippen molar-refractivity contribution in [2.24, 2.45) is 5.84 Å². The molecule has 0 bridgehead atoms. The maximum Gasteiger partial charge on any atom is 0.165 e. The molecule has 2 rings (SSSR count). The third kappa shape index (κ3) is 3.08. The quantitative estimate of drug-likeness (QED) is 0.577. The Morgan fingerprint density at radius 3 is 2.63 bits per heavy atom. The van der Waals surface area contributed by atoms with E-state index in [-0.39, 0.29) is 5.75 Å². The van der Waals surface area contributed by atoms with Crippen molar-refractivity contribution in [2.45, 2.75) is 6.92 Å². The van der Waals surface area contributed by atoms with Crippen LogP contribution in [0.15, 0.2) is 24.3 Å². The molecule has 0 spiro atoms. The van der Waals surface area contributed by atoms with Gasteiger partial charge in [0.25, 0.3) is 0 Å². The summed E-state index contributed by atoms with van der Waals surface area (Å²) in [4.78, 5) is 8.27. The van der Waals surface area contributed by atoms with Crippen LogP contribution in [0, 0.1) is 12.7 Å². The van der Waals surface area contributed by atoms with E-state index in [1.54, 1.807) is 25.1 Å². The number of anilines is 3. The first-order valence-corrected chi connectivity index (χ1v) is 5.55. The molecule has 0 aliphatic carbocycles. The van der Waals surface area contributed by atoms with Crippen molar-refractivity contribution < 1.29 is 9.13 Å². The van der Waals surface area contributed by atoms with Crippen LogP contribution in [0.1, 0.15) is 5.82 Å². The number of hydrogen-bond donors (Lipinski definition) is 3. The highest BCUT2D eigenvalue weighted by Crippen LogP contribution is 2.24. The monoisotopic (exact) mass is 263 g/mol. The van der Waals surface area contributed by atoms with Gasteiger partial charge in [0.05, 0.1) is 7.11 Å². The van der Waals surface area contributed by atoms with Crippen LogP contribution < -0.4 is 21.3 Å². The first-order valence-electron chi connectivity index (χ1n) is 5.55. The molecule has 0 fully saturated rings. The van der Waals surface area contributed by atoms with Crippen LogP contribution in [0.3, 0.4) is 0 Å². The van der Waals surface area contributed by atoms with Gasteiger partial charge in [0.2, 0.25) is 0 Å². The smallest absolute Gasteiger partial charge is 0.165 e. The van der Waals surface area contributed by atoms with E-state index in [1.807, 2.05) is 0 Å². The van der Waals surface area contributed by atoms with Crippen LogP contribution in [0.4, 0.5) is 21.7 Å². The summed E-state index contributed by atoms with van der Waals surface area (Å²) in [6, 6.07) is 6.09. The molecular formula is C12H14FN5O. The van der Waals surface area contributed by atoms with E-state index in [0.717, 1.165) is 0 Å². The maximum absolute atomic E-state index is 13.3. The summed E-state index contributed by atoms with van der Waals surface area (Å²) in [7, 11) is 1.41. The second-order valence-corrected chi connectivity index (χ2v) is 3.80. The first kappa shape index (κ1) is 13.0. The van der Waals surface area contributed by atoms with E-state index in [1.165, 1.54) is 13.2 Å². The Bertz CT molecular complexity index is 590. The standard InChI is InChI=1S/C12H14FN5O/c1-7-15-11(6-12(16-7)18-14)17-8-3-4-9(13)10(5-8)19-2/h3-6H,14H2,1-2H3,(H2,15,16,17,18). The van der Waals surface area contributed by atoms with Crippen molar-refractivity contribution in [1.29, 1.82) is 0 Å². The molecule has 0 atom stereocenters. The number of nitrogens with two attached hydrogens (primary N) is 1. The molecule has 100 valence electrons. The molecule has 1 aromatic heterocycles. The number of aryl methyl sites for hydroxylation is 1. The predicted molar refractivity (Wildman–Crippen MR) is 70.8 cm³/mol. The highest BCUT2D eigenvalue weighted by Gasteiger charge is 2.05. The topological polar surface area (TPSA) is 85.1 Å². The molecule has 1 heterocycles. The Kier molecular flexibility index (Phi) is 3.76. The SMILES string of the molecule is COc1cc(Nc2cc(NN)nc(C)n2)ccc1F. The molecule has 4 N–H and O–H groups in total. The van der Waals surface area contributed by atoms with Gasteiger partial charge in [0.15, 0.2) is 11.6 Å². The summed E-state index contributed by atoms with van der Waals surface area (Å²) < 4.78 is 18.2. The lowest BCUT2D eigenvalue weighted by Gasteiger charge is -2.09. The zero-order chi connectivity index (χ0) is 13.8. The van der Waals surface area contributed by atoms with E-state index in [0.29, 0.717) is 23.1 Å². The van der Waals surface area contributed by atoms with Crippen molar-refractivity contribution in [1.82, 2.24) is 9.97 Å². The Hall–Kier alpha value is -2.41. The fraction of sp³-hybridized carbons (Fsp3) is 0.167. The molecule has 6 nitrogen and oxygen atoms in total. The molecule has 0 amide bonds. The van der Waals surface area contributed by atoms with Crippen LogP contribution in [-0.4, -0.2) is 17.1 Å². The lowest BCUT2D eigenvalue weighted by atomic mass is 10.3. The Labute approximate surface area is 109 Å². The molecule has 0 aliphatic rings. The van der Waals surface area contributed by atoms with Crippen LogP contribution in [0.25, 0.3) is 0 Å². The number of ether oxygens (including phenoxy) is 1. The number of hydrogen-bond acceptors (Lipinski definition) is 6. The van der Waals surface area contributed by atoms with Crippen molar-refractivity contribution in [3.8, 4) is 5.75 Å². The molecule has 19 heavy (non-hydrogen) atoms. The van der Waals surface area contributed by atoms with E-state index in [9.17, 15) is 4.39 Å². The van der Waals surface area contributed by atoms with E-state index in [2.05, 4.69) is 20.7 Å². The number of nitrogens with one attached hydrogen (secondary N) is 2. The van der Waals surface area contributed by atoms with E-state index in [4.69, 9.17) is 10.6 Å². The number of nitrogen functional groups attached to an aromatic ring is 1. The van der Waals surface area contributed by atoms with Gasteiger partial charge in [-0.3, -0.25) is 0 Å². The predicted octanol–water partition coefficient (Wildman–Crippen LogP) is 1.96. The van der Waals surface area contributed by atoms with Gasteiger partial charge in [-0.15, -0.1) is 0 Å². The second-order valence-electron chi connectivity index (χ2n) is 3.80. The van der Waals surface area contributed by atoms with Crippen molar-refractivity contribution >= 4 is 17.3 Å². The van der Waals surface area contributed by atoms with Gasteiger partial charge < -0.3 is 15.5 Å². The largest absolute Gasteiger partial charge is 0.494 e. The fourth-order valence-electron chi connectivity index (χ4n) is 1.59. The summed E-state index contributed by atoms with van der Waals surface area (Å²) in [5.74, 6) is 6.65. The minimum atomic E-state index is -0.420. The maximum atomic E-state index is 13.3. The molecule has 0 aliphatic heterocycles. The van der Waals surface area contributed by atoms with Crippen molar-refractivity contribution in [3.05, 3.63) is 35.9 Å². The lowest BCUT2D eigenvalue weighted by Crippen LogP contribution is -2.10. The molecule has 1 aromatic carbocycles. The molecule has 0 unspecified atom stereocenters. The number of rotatable bonds is 4. The van der Waals surface area contributed by atoms with Crippen molar-refractivity contribution in [2.75, 3.05) is 17.9 Å². The lowest BCUT2D eigenvalue weighted by molar-refractivity contribution is 0.387. The highest BCUT2D eigenvalue weighted by molar-refractivity contribution is 5.60. The zero-order valence-electron chi connectivity index (χ0n) is 10.6. The summed E-state index contributed by atoms with van der Waals surface area (Å²) in [5.41, 5.74) is 3.10. The minimum absolute atomic E-state index is 0.160. The van der Waals surface area contributed by atoms with Gasteiger partial charge in [-0.1, -0.05) is 0 Å². The highest BCUT2D eigenvalue weighted by atomic mass is 19.1. The van der Waals surface area contributed by atoms with Gasteiger partial charge in [-0.2, -0.15) is 0 Å². The average molecular weight is 263 g/mol. The second kappa shape index (κ2) is 5.49. The molecule has 0 saturated carbocycles. The van der Waals surface area contributed by atoms with Gasteiger partial charge in [-0.25, -0.2) is 20.2 Å². The Morgan fingerprint density at radius 2 is 1.95 bits per heavy atom. The molecule has 2 aromatic rings. The summed E-state index contributed by atoms with van der Waals surface area (Å²) >= 11 is 0. The Morgan fingerprint density at radius 1 is 1.21 bits per heavy atom. The number of hydrazine groups is 1.